The number of carbonyl (C=O) groups excluding carboxylic acids is 5. The topological polar surface area (TPSA) is 220 Å². The normalized spacial score (nSPS) is 18.1. The second-order valence-corrected chi connectivity index (χ2v) is 9.70. The van der Waals surface area contributed by atoms with Crippen LogP contribution in [0, 0.1) is 0 Å². The minimum Gasteiger partial charge on any atom is -0.467 e. The number of anilines is 1. The van der Waals surface area contributed by atoms with Crippen LogP contribution in [-0.4, -0.2) is 95.4 Å². The second-order valence-electron chi connectivity index (χ2n) is 7.28. The number of amides is 3. The minimum absolute atomic E-state index is 0.00749. The molecule has 0 unspecified atom stereocenters. The molecule has 0 aliphatic carbocycles. The first-order valence-electron chi connectivity index (χ1n) is 9.53. The van der Waals surface area contributed by atoms with Crippen molar-refractivity contribution in [1.29, 1.82) is 0 Å². The van der Waals surface area contributed by atoms with Crippen LogP contribution in [-0.2, 0) is 48.6 Å². The molecule has 0 bridgehead atoms. The smallest absolute Gasteiger partial charge is 0.363 e. The molecule has 2 atom stereocenters. The molecule has 2 rings (SSSR count). The van der Waals surface area contributed by atoms with Crippen molar-refractivity contribution in [3.8, 4) is 0 Å². The van der Waals surface area contributed by atoms with Crippen molar-refractivity contribution in [2.45, 2.75) is 31.5 Å². The number of aromatic nitrogens is 1. The minimum atomic E-state index is -5.15. The number of rotatable bonds is 10. The summed E-state index contributed by atoms with van der Waals surface area (Å²) < 4.78 is 41.0. The molecule has 1 aromatic heterocycles. The number of hydrogen-bond acceptors (Lipinski definition) is 13. The van der Waals surface area contributed by atoms with E-state index in [0.29, 0.717) is 0 Å². The fraction of sp³-hybridized carbons (Fsp3) is 0.471. The Morgan fingerprint density at radius 1 is 1.28 bits per heavy atom. The molecule has 1 fully saturated rings. The van der Waals surface area contributed by atoms with E-state index in [9.17, 15) is 36.9 Å². The highest BCUT2D eigenvalue weighted by Crippen LogP contribution is 2.25. The number of nitrogens with zero attached hydrogens (tertiary/aromatic N) is 3. The lowest BCUT2D eigenvalue weighted by Crippen LogP contribution is -2.74. The average molecular weight is 570 g/mol. The van der Waals surface area contributed by atoms with Crippen molar-refractivity contribution in [3.05, 3.63) is 11.1 Å². The van der Waals surface area contributed by atoms with E-state index >= 15 is 0 Å². The third-order valence-corrected chi connectivity index (χ3v) is 6.31. The Bertz CT molecular complexity index is 1210. The van der Waals surface area contributed by atoms with Crippen LogP contribution in [0.4, 0.5) is 5.13 Å². The van der Waals surface area contributed by atoms with Crippen molar-refractivity contribution in [2.75, 3.05) is 25.4 Å². The van der Waals surface area contributed by atoms with Gasteiger partial charge in [0.1, 0.15) is 17.6 Å². The van der Waals surface area contributed by atoms with E-state index in [2.05, 4.69) is 30.2 Å². The van der Waals surface area contributed by atoms with Crippen LogP contribution < -0.4 is 10.6 Å². The first kappa shape index (κ1) is 28.9. The van der Waals surface area contributed by atoms with Crippen molar-refractivity contribution < 1.29 is 51.3 Å². The highest BCUT2D eigenvalue weighted by Gasteiger charge is 2.58. The fourth-order valence-corrected chi connectivity index (χ4v) is 4.28. The highest BCUT2D eigenvalue weighted by atomic mass is 35.5. The van der Waals surface area contributed by atoms with Crippen molar-refractivity contribution in [1.82, 2.24) is 14.6 Å². The lowest BCUT2D eigenvalue weighted by Gasteiger charge is -2.41. The van der Waals surface area contributed by atoms with Crippen LogP contribution in [0.3, 0.4) is 0 Å². The molecule has 1 aromatic rings. The van der Waals surface area contributed by atoms with Crippen molar-refractivity contribution in [2.24, 2.45) is 5.16 Å². The second kappa shape index (κ2) is 11.1. The maximum atomic E-state index is 13.0. The van der Waals surface area contributed by atoms with Gasteiger partial charge in [-0.2, -0.15) is 12.7 Å². The number of carbonyl (C=O) groups is 5. The third-order valence-electron chi connectivity index (χ3n) is 4.40. The fourth-order valence-electron chi connectivity index (χ4n) is 2.66. The predicted octanol–water partition coefficient (Wildman–Crippen LogP) is -1.34. The molecule has 0 saturated carbocycles. The molecule has 2 heterocycles. The summed E-state index contributed by atoms with van der Waals surface area (Å²) in [5.41, 5.74) is -2.51. The van der Waals surface area contributed by atoms with E-state index in [1.807, 2.05) is 0 Å². The Morgan fingerprint density at radius 3 is 2.44 bits per heavy atom. The molecule has 19 heteroatoms. The molecular weight excluding hydrogens is 550 g/mol. The van der Waals surface area contributed by atoms with E-state index in [4.69, 9.17) is 16.4 Å². The van der Waals surface area contributed by atoms with Crippen LogP contribution in [0.5, 0.6) is 0 Å². The summed E-state index contributed by atoms with van der Waals surface area (Å²) in [6, 6.07) is -3.69. The summed E-state index contributed by atoms with van der Waals surface area (Å²) in [5.74, 6) is -5.63. The van der Waals surface area contributed by atoms with Crippen LogP contribution in [0.25, 0.3) is 0 Å². The molecule has 0 radical (unpaired) electrons. The Hall–Kier alpha value is -3.35. The van der Waals surface area contributed by atoms with Crippen LogP contribution in [0.15, 0.2) is 10.5 Å². The van der Waals surface area contributed by atoms with E-state index in [0.717, 1.165) is 25.6 Å². The molecule has 1 aliphatic rings. The lowest BCUT2D eigenvalue weighted by molar-refractivity contribution is -0.165. The zero-order chi connectivity index (χ0) is 27.4. The largest absolute Gasteiger partial charge is 0.467 e. The summed E-state index contributed by atoms with van der Waals surface area (Å²) in [6.07, 6.45) is 0. The van der Waals surface area contributed by atoms with Gasteiger partial charge in [0.05, 0.1) is 14.2 Å². The summed E-state index contributed by atoms with van der Waals surface area (Å²) in [6.45, 7) is 2.55. The molecule has 16 nitrogen and oxygen atoms in total. The summed E-state index contributed by atoms with van der Waals surface area (Å²) >= 11 is 6.30. The van der Waals surface area contributed by atoms with Crippen LogP contribution >= 0.6 is 22.9 Å². The predicted molar refractivity (Wildman–Crippen MR) is 121 cm³/mol. The maximum Gasteiger partial charge on any atom is 0.363 e. The molecule has 0 spiro atoms. The van der Waals surface area contributed by atoms with Gasteiger partial charge in [-0.05, 0) is 13.8 Å². The first-order chi connectivity index (χ1) is 16.7. The van der Waals surface area contributed by atoms with E-state index < -0.39 is 63.4 Å². The van der Waals surface area contributed by atoms with Gasteiger partial charge in [-0.3, -0.25) is 18.9 Å². The zero-order valence-electron chi connectivity index (χ0n) is 19.0. The number of esters is 2. The van der Waals surface area contributed by atoms with Gasteiger partial charge >= 0.3 is 22.2 Å². The highest BCUT2D eigenvalue weighted by molar-refractivity contribution is 7.84. The number of hydrogen-bond donors (Lipinski definition) is 3. The molecule has 36 heavy (non-hydrogen) atoms. The molecule has 3 N–H and O–H groups in total. The maximum absolute atomic E-state index is 13.0. The van der Waals surface area contributed by atoms with E-state index in [1.165, 1.54) is 19.2 Å². The third kappa shape index (κ3) is 6.25. The molecule has 1 saturated heterocycles. The number of thiazole rings is 1. The van der Waals surface area contributed by atoms with Gasteiger partial charge in [-0.15, -0.1) is 22.9 Å². The van der Waals surface area contributed by atoms with E-state index in [-0.39, 0.29) is 21.0 Å². The van der Waals surface area contributed by atoms with Gasteiger partial charge in [0.15, 0.2) is 16.9 Å². The Morgan fingerprint density at radius 2 is 1.92 bits per heavy atom. The number of β-lactam (4-membered cyclic amide) rings is 1. The number of ether oxygens (including phenoxy) is 2. The zero-order valence-corrected chi connectivity index (χ0v) is 21.4. The van der Waals surface area contributed by atoms with Crippen LogP contribution in [0.1, 0.15) is 19.5 Å². The Balaban J connectivity index is 2.41. The van der Waals surface area contributed by atoms with Gasteiger partial charge in [0, 0.05) is 5.38 Å². The quantitative estimate of drug-likeness (QED) is 0.0744. The first-order valence-corrected chi connectivity index (χ1v) is 12.3. The molecule has 1 aliphatic heterocycles. The average Bonchev–Trinajstić information content (AvgIpc) is 3.26. The molecule has 0 aromatic carbocycles. The number of halogens is 1. The summed E-state index contributed by atoms with van der Waals surface area (Å²) in [7, 11) is -3.16. The standard InChI is InChI=1S/C17H20ClN5O11S2/c1-17(2,15(28)33-4)34-22-9(7-6-35-16(19-7)20-8(24)5-18)12(25)21-10-11(14(27)32-3)23(13(10)26)36(29,30)31/h6,10-11H,5H2,1-4H3,(H,21,25)(H,19,20,24)(H,29,30,31)/t10-,11-/m0/s1. The van der Waals surface area contributed by atoms with Gasteiger partial charge in [0.2, 0.25) is 11.5 Å². The van der Waals surface area contributed by atoms with Gasteiger partial charge in [-0.25, -0.2) is 14.6 Å². The number of alkyl halides is 1. The summed E-state index contributed by atoms with van der Waals surface area (Å²) in [5, 5.41) is 9.36. The SMILES string of the molecule is COC(=O)[C@@H]1[C@H](NC(=O)C(=NOC(C)(C)C(=O)OC)c2csc(NC(=O)CCl)n2)C(=O)N1S(=O)(=O)O. The van der Waals surface area contributed by atoms with Gasteiger partial charge in [-0.1, -0.05) is 5.16 Å². The number of oxime groups is 1. The van der Waals surface area contributed by atoms with Crippen LogP contribution in [0.2, 0.25) is 0 Å². The van der Waals surface area contributed by atoms with E-state index in [1.54, 1.807) is 0 Å². The number of nitrogens with one attached hydrogen (secondary N) is 2. The Labute approximate surface area is 212 Å². The summed E-state index contributed by atoms with van der Waals surface area (Å²) in [4.78, 5) is 69.9. The van der Waals surface area contributed by atoms with Crippen molar-refractivity contribution >= 4 is 73.7 Å². The Kier molecular flexibility index (Phi) is 8.94. The lowest BCUT2D eigenvalue weighted by atomic mass is 9.98. The molecular formula is C17H20ClN5O11S2. The molecule has 198 valence electrons. The molecule has 3 amide bonds. The van der Waals surface area contributed by atoms with Gasteiger partial charge in [0.25, 0.3) is 11.8 Å². The number of methoxy groups -OCH3 is 2. The monoisotopic (exact) mass is 569 g/mol. The van der Waals surface area contributed by atoms with Gasteiger partial charge < -0.3 is 24.9 Å². The van der Waals surface area contributed by atoms with Crippen molar-refractivity contribution in [3.63, 3.8) is 0 Å².